The lowest BCUT2D eigenvalue weighted by Gasteiger charge is -2.09. The first-order valence-corrected chi connectivity index (χ1v) is 7.44. The summed E-state index contributed by atoms with van der Waals surface area (Å²) in [5, 5.41) is 2.92. The first-order chi connectivity index (χ1) is 9.61. The van der Waals surface area contributed by atoms with Crippen molar-refractivity contribution in [3.63, 3.8) is 0 Å². The van der Waals surface area contributed by atoms with Crippen LogP contribution >= 0.6 is 23.4 Å². The predicted molar refractivity (Wildman–Crippen MR) is 80.2 cm³/mol. The standard InChI is InChI=1S/C14H12ClN3OS/c1-8-6-12(15)17-14(16-8)18-13(19)11-7-9-4-2-3-5-10(9)20-11/h2-6,11H,7H2,1H3,(H,16,17,18,19). The first kappa shape index (κ1) is 13.4. The summed E-state index contributed by atoms with van der Waals surface area (Å²) in [7, 11) is 0. The highest BCUT2D eigenvalue weighted by Crippen LogP contribution is 2.37. The van der Waals surface area contributed by atoms with Crippen molar-refractivity contribution < 1.29 is 4.79 Å². The van der Waals surface area contributed by atoms with Gasteiger partial charge in [0, 0.05) is 10.6 Å². The second-order valence-electron chi connectivity index (χ2n) is 4.56. The molecule has 1 aromatic heterocycles. The zero-order chi connectivity index (χ0) is 14.1. The number of rotatable bonds is 2. The number of nitrogens with one attached hydrogen (secondary N) is 1. The maximum atomic E-state index is 12.3. The molecule has 2 heterocycles. The lowest BCUT2D eigenvalue weighted by Crippen LogP contribution is -2.25. The number of benzene rings is 1. The number of aryl methyl sites for hydroxylation is 1. The molecule has 1 N–H and O–H groups in total. The average molecular weight is 306 g/mol. The number of nitrogens with zero attached hydrogens (tertiary/aromatic N) is 2. The highest BCUT2D eigenvalue weighted by molar-refractivity contribution is 8.01. The van der Waals surface area contributed by atoms with Crippen LogP contribution in [-0.2, 0) is 11.2 Å². The van der Waals surface area contributed by atoms with E-state index in [1.54, 1.807) is 17.8 Å². The van der Waals surface area contributed by atoms with Crippen LogP contribution in [0.3, 0.4) is 0 Å². The highest BCUT2D eigenvalue weighted by atomic mass is 35.5. The number of anilines is 1. The molecule has 1 aromatic carbocycles. The molecule has 1 atom stereocenters. The van der Waals surface area contributed by atoms with Crippen LogP contribution in [0.5, 0.6) is 0 Å². The molecule has 0 aliphatic carbocycles. The number of hydrogen-bond donors (Lipinski definition) is 1. The lowest BCUT2D eigenvalue weighted by molar-refractivity contribution is -0.115. The maximum Gasteiger partial charge on any atom is 0.240 e. The van der Waals surface area contributed by atoms with Crippen LogP contribution in [0.25, 0.3) is 0 Å². The third-order valence-corrected chi connectivity index (χ3v) is 4.51. The third kappa shape index (κ3) is 2.78. The van der Waals surface area contributed by atoms with E-state index < -0.39 is 0 Å². The van der Waals surface area contributed by atoms with Crippen LogP contribution in [-0.4, -0.2) is 21.1 Å². The van der Waals surface area contributed by atoms with E-state index in [4.69, 9.17) is 11.6 Å². The minimum Gasteiger partial charge on any atom is -0.293 e. The molecule has 0 fully saturated rings. The Kier molecular flexibility index (Phi) is 3.63. The monoisotopic (exact) mass is 305 g/mol. The molecule has 4 nitrogen and oxygen atoms in total. The second kappa shape index (κ2) is 5.42. The molecular formula is C14H12ClN3OS. The van der Waals surface area contributed by atoms with E-state index in [1.165, 1.54) is 5.56 Å². The summed E-state index contributed by atoms with van der Waals surface area (Å²) >= 11 is 7.43. The molecule has 0 spiro atoms. The van der Waals surface area contributed by atoms with E-state index in [9.17, 15) is 4.79 Å². The van der Waals surface area contributed by atoms with Crippen LogP contribution in [0.15, 0.2) is 35.2 Å². The number of thioether (sulfide) groups is 1. The molecule has 0 saturated carbocycles. The summed E-state index contributed by atoms with van der Waals surface area (Å²) in [6.45, 7) is 1.81. The van der Waals surface area contributed by atoms with Crippen LogP contribution in [0.1, 0.15) is 11.3 Å². The number of carbonyl (C=O) groups is 1. The topological polar surface area (TPSA) is 54.9 Å². The average Bonchev–Trinajstić information content (AvgIpc) is 2.81. The second-order valence-corrected chi connectivity index (χ2v) is 6.20. The smallest absolute Gasteiger partial charge is 0.240 e. The van der Waals surface area contributed by atoms with Gasteiger partial charge in [-0.1, -0.05) is 29.8 Å². The van der Waals surface area contributed by atoms with Crippen molar-refractivity contribution in [1.82, 2.24) is 9.97 Å². The number of amides is 1. The molecule has 3 rings (SSSR count). The highest BCUT2D eigenvalue weighted by Gasteiger charge is 2.28. The summed E-state index contributed by atoms with van der Waals surface area (Å²) in [5.41, 5.74) is 1.93. The third-order valence-electron chi connectivity index (χ3n) is 3.00. The van der Waals surface area contributed by atoms with E-state index in [2.05, 4.69) is 21.4 Å². The van der Waals surface area contributed by atoms with Crippen LogP contribution in [0.4, 0.5) is 5.95 Å². The van der Waals surface area contributed by atoms with Crippen molar-refractivity contribution in [2.24, 2.45) is 0 Å². The van der Waals surface area contributed by atoms with E-state index in [0.717, 1.165) is 17.0 Å². The van der Waals surface area contributed by atoms with Gasteiger partial charge in [0.2, 0.25) is 11.9 Å². The largest absolute Gasteiger partial charge is 0.293 e. The van der Waals surface area contributed by atoms with Gasteiger partial charge in [0.15, 0.2) is 0 Å². The molecule has 102 valence electrons. The Morgan fingerprint density at radius 1 is 1.40 bits per heavy atom. The number of halogens is 1. The van der Waals surface area contributed by atoms with Gasteiger partial charge in [0.25, 0.3) is 0 Å². The minimum atomic E-state index is -0.143. The van der Waals surface area contributed by atoms with Crippen LogP contribution in [0, 0.1) is 6.92 Å². The van der Waals surface area contributed by atoms with Crippen molar-refractivity contribution >= 4 is 35.2 Å². The van der Waals surface area contributed by atoms with Crippen LogP contribution in [0.2, 0.25) is 5.15 Å². The van der Waals surface area contributed by atoms with E-state index in [-0.39, 0.29) is 17.1 Å². The molecule has 1 aliphatic rings. The van der Waals surface area contributed by atoms with E-state index in [1.807, 2.05) is 25.1 Å². The summed E-state index contributed by atoms with van der Waals surface area (Å²) in [4.78, 5) is 21.6. The fourth-order valence-corrected chi connectivity index (χ4v) is 3.54. The van der Waals surface area contributed by atoms with Gasteiger partial charge in [-0.15, -0.1) is 11.8 Å². The summed E-state index contributed by atoms with van der Waals surface area (Å²) in [6, 6.07) is 9.71. The Hall–Kier alpha value is -1.59. The van der Waals surface area contributed by atoms with Crippen molar-refractivity contribution in [2.45, 2.75) is 23.5 Å². The van der Waals surface area contributed by atoms with Gasteiger partial charge >= 0.3 is 0 Å². The van der Waals surface area contributed by atoms with E-state index >= 15 is 0 Å². The predicted octanol–water partition coefficient (Wildman–Crippen LogP) is 3.09. The van der Waals surface area contributed by atoms with Gasteiger partial charge in [-0.2, -0.15) is 0 Å². The zero-order valence-corrected chi connectivity index (χ0v) is 12.3. The minimum absolute atomic E-state index is 0.0899. The number of hydrogen-bond acceptors (Lipinski definition) is 4. The molecule has 2 aromatic rings. The van der Waals surface area contributed by atoms with Crippen molar-refractivity contribution in [2.75, 3.05) is 5.32 Å². The van der Waals surface area contributed by atoms with Gasteiger partial charge in [-0.05, 0) is 31.0 Å². The van der Waals surface area contributed by atoms with Gasteiger partial charge in [-0.25, -0.2) is 9.97 Å². The van der Waals surface area contributed by atoms with Gasteiger partial charge in [0.05, 0.1) is 5.25 Å². The van der Waals surface area contributed by atoms with Crippen LogP contribution < -0.4 is 5.32 Å². The molecule has 1 amide bonds. The fraction of sp³-hybridized carbons (Fsp3) is 0.214. The number of fused-ring (bicyclic) bond motifs is 1. The molecule has 0 radical (unpaired) electrons. The molecule has 0 bridgehead atoms. The molecule has 1 aliphatic heterocycles. The molecule has 6 heteroatoms. The Balaban J connectivity index is 1.72. The lowest BCUT2D eigenvalue weighted by atomic mass is 10.1. The summed E-state index contributed by atoms with van der Waals surface area (Å²) in [6.07, 6.45) is 0.728. The van der Waals surface area contributed by atoms with Gasteiger partial charge in [-0.3, -0.25) is 10.1 Å². The van der Waals surface area contributed by atoms with Gasteiger partial charge < -0.3 is 0 Å². The van der Waals surface area contributed by atoms with Gasteiger partial charge in [0.1, 0.15) is 5.15 Å². The van der Waals surface area contributed by atoms with Crippen molar-refractivity contribution in [1.29, 1.82) is 0 Å². The number of aromatic nitrogens is 2. The maximum absolute atomic E-state index is 12.3. The van der Waals surface area contributed by atoms with Crippen molar-refractivity contribution in [3.05, 3.63) is 46.7 Å². The SMILES string of the molecule is Cc1cc(Cl)nc(NC(=O)C2Cc3ccccc3S2)n1. The summed E-state index contributed by atoms with van der Waals surface area (Å²) in [5.74, 6) is 0.171. The normalized spacial score (nSPS) is 16.8. The van der Waals surface area contributed by atoms with Crippen molar-refractivity contribution in [3.8, 4) is 0 Å². The molecule has 1 unspecified atom stereocenters. The first-order valence-electron chi connectivity index (χ1n) is 6.18. The number of carbonyl (C=O) groups excluding carboxylic acids is 1. The Morgan fingerprint density at radius 3 is 2.95 bits per heavy atom. The Morgan fingerprint density at radius 2 is 2.20 bits per heavy atom. The Bertz CT molecular complexity index is 632. The molecular weight excluding hydrogens is 294 g/mol. The molecule has 20 heavy (non-hydrogen) atoms. The zero-order valence-electron chi connectivity index (χ0n) is 10.8. The van der Waals surface area contributed by atoms with E-state index in [0.29, 0.717) is 5.15 Å². The fourth-order valence-electron chi connectivity index (χ4n) is 2.11. The molecule has 0 saturated heterocycles. The Labute approximate surface area is 126 Å². The summed E-state index contributed by atoms with van der Waals surface area (Å²) < 4.78 is 0. The quantitative estimate of drug-likeness (QED) is 0.866.